The Morgan fingerprint density at radius 2 is 2.05 bits per heavy atom. The van der Waals surface area contributed by atoms with Crippen molar-refractivity contribution in [3.63, 3.8) is 0 Å². The summed E-state index contributed by atoms with van der Waals surface area (Å²) in [6.07, 6.45) is 0. The first-order chi connectivity index (χ1) is 9.97. The van der Waals surface area contributed by atoms with E-state index < -0.39 is 5.97 Å². The van der Waals surface area contributed by atoms with Gasteiger partial charge in [0.05, 0.1) is 5.69 Å². The number of carboxylic acids is 1. The Kier molecular flexibility index (Phi) is 4.58. The van der Waals surface area contributed by atoms with Crippen LogP contribution < -0.4 is 4.74 Å². The second kappa shape index (κ2) is 6.39. The monoisotopic (exact) mass is 285 g/mol. The van der Waals surface area contributed by atoms with E-state index in [4.69, 9.17) is 9.84 Å². The molecule has 0 saturated carbocycles. The Balaban J connectivity index is 2.08. The van der Waals surface area contributed by atoms with Crippen LogP contribution in [0.4, 0.5) is 0 Å². The molecule has 1 N–H and O–H groups in total. The first-order valence-corrected chi connectivity index (χ1v) is 6.90. The molecule has 1 aromatic heterocycles. The molecular formula is C17H19NO3. The van der Waals surface area contributed by atoms with Crippen molar-refractivity contribution in [2.24, 2.45) is 0 Å². The molecule has 0 amide bonds. The quantitative estimate of drug-likeness (QED) is 0.908. The van der Waals surface area contributed by atoms with Gasteiger partial charge in [0.1, 0.15) is 18.1 Å². The normalized spacial score (nSPS) is 10.7. The molecule has 0 fully saturated rings. The van der Waals surface area contributed by atoms with Crippen molar-refractivity contribution >= 4 is 5.97 Å². The number of hydrogen-bond donors (Lipinski definition) is 1. The fourth-order valence-electron chi connectivity index (χ4n) is 2.22. The minimum Gasteiger partial charge on any atom is -0.487 e. The highest BCUT2D eigenvalue weighted by molar-refractivity contribution is 5.85. The van der Waals surface area contributed by atoms with Crippen molar-refractivity contribution in [3.05, 3.63) is 58.9 Å². The third-order valence-electron chi connectivity index (χ3n) is 3.28. The number of carboxylic acid groups (broad SMARTS) is 1. The summed E-state index contributed by atoms with van der Waals surface area (Å²) in [6, 6.07) is 10.9. The molecule has 0 aliphatic carbocycles. The van der Waals surface area contributed by atoms with Gasteiger partial charge >= 0.3 is 5.97 Å². The van der Waals surface area contributed by atoms with E-state index in [9.17, 15) is 4.79 Å². The molecule has 1 heterocycles. The summed E-state index contributed by atoms with van der Waals surface area (Å²) in [7, 11) is 0. The van der Waals surface area contributed by atoms with Gasteiger partial charge in [-0.05, 0) is 48.2 Å². The number of hydrogen-bond acceptors (Lipinski definition) is 3. The van der Waals surface area contributed by atoms with Crippen LogP contribution in [-0.2, 0) is 6.61 Å². The van der Waals surface area contributed by atoms with Crippen LogP contribution in [0, 0.1) is 6.92 Å². The SMILES string of the molecule is Cc1cc(OCc2cccc(C(=O)O)n2)ccc1C(C)C. The Morgan fingerprint density at radius 1 is 1.29 bits per heavy atom. The second-order valence-corrected chi connectivity index (χ2v) is 5.28. The topological polar surface area (TPSA) is 59.4 Å². The zero-order valence-electron chi connectivity index (χ0n) is 12.5. The molecule has 0 aliphatic rings. The number of ether oxygens (including phenoxy) is 1. The van der Waals surface area contributed by atoms with Crippen LogP contribution in [-0.4, -0.2) is 16.1 Å². The van der Waals surface area contributed by atoms with Crippen molar-refractivity contribution < 1.29 is 14.6 Å². The number of benzene rings is 1. The standard InChI is InChI=1S/C17H19NO3/c1-11(2)15-8-7-14(9-12(15)3)21-10-13-5-4-6-16(18-13)17(19)20/h4-9,11H,10H2,1-3H3,(H,19,20). The van der Waals surface area contributed by atoms with Gasteiger partial charge in [-0.25, -0.2) is 9.78 Å². The van der Waals surface area contributed by atoms with Gasteiger partial charge < -0.3 is 9.84 Å². The molecule has 0 atom stereocenters. The Morgan fingerprint density at radius 3 is 2.67 bits per heavy atom. The Labute approximate surface area is 124 Å². The lowest BCUT2D eigenvalue weighted by atomic mass is 9.98. The van der Waals surface area contributed by atoms with Gasteiger partial charge in [-0.15, -0.1) is 0 Å². The Hall–Kier alpha value is -2.36. The van der Waals surface area contributed by atoms with Crippen molar-refractivity contribution in [2.45, 2.75) is 33.3 Å². The molecule has 0 saturated heterocycles. The highest BCUT2D eigenvalue weighted by Gasteiger charge is 2.07. The van der Waals surface area contributed by atoms with E-state index in [1.54, 1.807) is 12.1 Å². The number of carbonyl (C=O) groups is 1. The lowest BCUT2D eigenvalue weighted by molar-refractivity contribution is 0.0690. The van der Waals surface area contributed by atoms with Crippen molar-refractivity contribution in [3.8, 4) is 5.75 Å². The lowest BCUT2D eigenvalue weighted by Crippen LogP contribution is -2.05. The summed E-state index contributed by atoms with van der Waals surface area (Å²) < 4.78 is 5.69. The van der Waals surface area contributed by atoms with Gasteiger partial charge in [0, 0.05) is 0 Å². The summed E-state index contributed by atoms with van der Waals surface area (Å²) >= 11 is 0. The highest BCUT2D eigenvalue weighted by atomic mass is 16.5. The molecule has 4 heteroatoms. The summed E-state index contributed by atoms with van der Waals surface area (Å²) in [5.74, 6) is 0.210. The largest absolute Gasteiger partial charge is 0.487 e. The third kappa shape index (κ3) is 3.81. The average molecular weight is 285 g/mol. The van der Waals surface area contributed by atoms with Crippen LogP contribution in [0.5, 0.6) is 5.75 Å². The third-order valence-corrected chi connectivity index (χ3v) is 3.28. The smallest absolute Gasteiger partial charge is 0.354 e. The van der Waals surface area contributed by atoms with Crippen LogP contribution in [0.1, 0.15) is 47.1 Å². The van der Waals surface area contributed by atoms with E-state index >= 15 is 0 Å². The van der Waals surface area contributed by atoms with Gasteiger partial charge in [-0.3, -0.25) is 0 Å². The van der Waals surface area contributed by atoms with E-state index in [0.717, 1.165) is 5.75 Å². The summed E-state index contributed by atoms with van der Waals surface area (Å²) in [5, 5.41) is 8.91. The van der Waals surface area contributed by atoms with Crippen LogP contribution in [0.2, 0.25) is 0 Å². The molecule has 0 unspecified atom stereocenters. The maximum absolute atomic E-state index is 10.9. The zero-order valence-corrected chi connectivity index (χ0v) is 12.5. The van der Waals surface area contributed by atoms with E-state index in [2.05, 4.69) is 31.8 Å². The molecule has 1 aromatic carbocycles. The molecule has 2 rings (SSSR count). The second-order valence-electron chi connectivity index (χ2n) is 5.28. The van der Waals surface area contributed by atoms with Crippen molar-refractivity contribution in [2.75, 3.05) is 0 Å². The number of nitrogens with zero attached hydrogens (tertiary/aromatic N) is 1. The van der Waals surface area contributed by atoms with Gasteiger partial charge in [-0.2, -0.15) is 0 Å². The minimum absolute atomic E-state index is 0.0300. The Bertz CT molecular complexity index is 650. The predicted molar refractivity (Wildman–Crippen MR) is 80.8 cm³/mol. The number of aromatic nitrogens is 1. The van der Waals surface area contributed by atoms with E-state index in [0.29, 0.717) is 11.6 Å². The average Bonchev–Trinajstić information content (AvgIpc) is 2.45. The van der Waals surface area contributed by atoms with Crippen molar-refractivity contribution in [1.29, 1.82) is 0 Å². The summed E-state index contributed by atoms with van der Waals surface area (Å²) in [5.41, 5.74) is 3.12. The maximum atomic E-state index is 10.9. The maximum Gasteiger partial charge on any atom is 0.354 e. The number of aromatic carboxylic acids is 1. The first kappa shape index (κ1) is 15.0. The summed E-state index contributed by atoms with van der Waals surface area (Å²) in [4.78, 5) is 14.9. The fraction of sp³-hybridized carbons (Fsp3) is 0.294. The molecule has 0 spiro atoms. The zero-order chi connectivity index (χ0) is 15.4. The van der Waals surface area contributed by atoms with Crippen LogP contribution in [0.25, 0.3) is 0 Å². The van der Waals surface area contributed by atoms with Crippen LogP contribution in [0.15, 0.2) is 36.4 Å². The van der Waals surface area contributed by atoms with Gasteiger partial charge in [0.15, 0.2) is 0 Å². The molecule has 0 aliphatic heterocycles. The fourth-order valence-corrected chi connectivity index (χ4v) is 2.22. The van der Waals surface area contributed by atoms with Crippen LogP contribution in [0.3, 0.4) is 0 Å². The number of aryl methyl sites for hydroxylation is 1. The van der Waals surface area contributed by atoms with E-state index in [1.807, 2.05) is 12.1 Å². The van der Waals surface area contributed by atoms with E-state index in [-0.39, 0.29) is 12.3 Å². The van der Waals surface area contributed by atoms with Crippen molar-refractivity contribution in [1.82, 2.24) is 4.98 Å². The molecule has 0 bridgehead atoms. The van der Waals surface area contributed by atoms with E-state index in [1.165, 1.54) is 17.2 Å². The van der Waals surface area contributed by atoms with Crippen LogP contribution >= 0.6 is 0 Å². The number of rotatable bonds is 5. The molecule has 0 radical (unpaired) electrons. The van der Waals surface area contributed by atoms with Gasteiger partial charge in [0.2, 0.25) is 0 Å². The minimum atomic E-state index is -1.03. The molecule has 21 heavy (non-hydrogen) atoms. The van der Waals surface area contributed by atoms with Gasteiger partial charge in [0.25, 0.3) is 0 Å². The molecular weight excluding hydrogens is 266 g/mol. The van der Waals surface area contributed by atoms with Gasteiger partial charge in [-0.1, -0.05) is 26.0 Å². The highest BCUT2D eigenvalue weighted by Crippen LogP contribution is 2.23. The predicted octanol–water partition coefficient (Wildman–Crippen LogP) is 3.79. The molecule has 2 aromatic rings. The molecule has 4 nitrogen and oxygen atoms in total. The lowest BCUT2D eigenvalue weighted by Gasteiger charge is -2.12. The molecule has 110 valence electrons. The number of pyridine rings is 1. The summed E-state index contributed by atoms with van der Waals surface area (Å²) in [6.45, 7) is 6.63. The first-order valence-electron chi connectivity index (χ1n) is 6.90.